The average Bonchev–Trinajstić information content (AvgIpc) is 3.35. The molecule has 1 aliphatic rings. The Morgan fingerprint density at radius 1 is 1.03 bits per heavy atom. The van der Waals surface area contributed by atoms with E-state index >= 15 is 0 Å². The van der Waals surface area contributed by atoms with Crippen molar-refractivity contribution in [2.45, 2.75) is 46.2 Å². The highest BCUT2D eigenvalue weighted by atomic mass is 35.5. The lowest BCUT2D eigenvalue weighted by atomic mass is 9.93. The lowest BCUT2D eigenvalue weighted by molar-refractivity contribution is -0.116. The van der Waals surface area contributed by atoms with Crippen LogP contribution in [0.4, 0.5) is 5.69 Å². The molecule has 4 aromatic rings. The van der Waals surface area contributed by atoms with Gasteiger partial charge < -0.3 is 20.1 Å². The molecule has 0 unspecified atom stereocenters. The number of para-hydroxylation sites is 1. The van der Waals surface area contributed by atoms with Crippen LogP contribution in [-0.4, -0.2) is 32.0 Å². The van der Waals surface area contributed by atoms with Gasteiger partial charge in [0.05, 0.1) is 17.8 Å². The second kappa shape index (κ2) is 11.2. The molecule has 0 saturated carbocycles. The van der Waals surface area contributed by atoms with Crippen LogP contribution in [0.25, 0.3) is 5.69 Å². The number of rotatable bonds is 7. The van der Waals surface area contributed by atoms with Gasteiger partial charge >= 0.3 is 0 Å². The molecule has 2 aromatic carbocycles. The summed E-state index contributed by atoms with van der Waals surface area (Å²) in [6.45, 7) is 8.87. The van der Waals surface area contributed by atoms with Crippen molar-refractivity contribution < 1.29 is 4.79 Å². The van der Waals surface area contributed by atoms with Gasteiger partial charge in [-0.3, -0.25) is 9.78 Å². The van der Waals surface area contributed by atoms with Gasteiger partial charge in [0.15, 0.2) is 5.11 Å². The molecule has 1 saturated heterocycles. The van der Waals surface area contributed by atoms with E-state index in [2.05, 4.69) is 51.9 Å². The fraction of sp³-hybridized carbons (Fsp3) is 0.258. The number of benzene rings is 2. The van der Waals surface area contributed by atoms with Crippen LogP contribution in [0.3, 0.4) is 0 Å². The number of hydrogen-bond donors (Lipinski definition) is 2. The summed E-state index contributed by atoms with van der Waals surface area (Å²) in [6, 6.07) is 21.3. The first-order chi connectivity index (χ1) is 18.8. The minimum atomic E-state index is -0.162. The van der Waals surface area contributed by atoms with Crippen molar-refractivity contribution in [2.24, 2.45) is 0 Å². The highest BCUT2D eigenvalue weighted by Gasteiger charge is 2.42. The summed E-state index contributed by atoms with van der Waals surface area (Å²) in [6.07, 6.45) is 2.10. The maximum absolute atomic E-state index is 13.0. The average molecular weight is 558 g/mol. The fourth-order valence-corrected chi connectivity index (χ4v) is 6.07. The number of nitrogens with zero attached hydrogens (tertiary/aromatic N) is 3. The third-order valence-corrected chi connectivity index (χ3v) is 8.15. The quantitative estimate of drug-likeness (QED) is 0.246. The Labute approximate surface area is 240 Å². The van der Waals surface area contributed by atoms with Crippen LogP contribution < -0.4 is 10.6 Å². The third kappa shape index (κ3) is 5.29. The van der Waals surface area contributed by atoms with Gasteiger partial charge in [0.25, 0.3) is 0 Å². The lowest BCUT2D eigenvalue weighted by Crippen LogP contribution is -2.33. The van der Waals surface area contributed by atoms with Gasteiger partial charge in [-0.2, -0.15) is 0 Å². The molecule has 2 N–H and O–H groups in total. The Morgan fingerprint density at radius 2 is 1.79 bits per heavy atom. The molecule has 0 bridgehead atoms. The molecule has 2 aromatic heterocycles. The number of anilines is 1. The van der Waals surface area contributed by atoms with E-state index in [0.29, 0.717) is 23.1 Å². The Balaban J connectivity index is 1.52. The fourth-order valence-electron chi connectivity index (χ4n) is 5.55. The van der Waals surface area contributed by atoms with Crippen LogP contribution in [0.1, 0.15) is 52.3 Å². The van der Waals surface area contributed by atoms with E-state index < -0.39 is 0 Å². The van der Waals surface area contributed by atoms with Crippen LogP contribution in [0.15, 0.2) is 72.9 Å². The summed E-state index contributed by atoms with van der Waals surface area (Å²) in [7, 11) is 0. The molecule has 3 heterocycles. The maximum Gasteiger partial charge on any atom is 0.226 e. The Hall–Kier alpha value is -3.68. The SMILES string of the molecule is Cc1ccccc1NC(=O)CCN1C(=S)N[C@H](c2ccccn2)[C@@H]1c1c(C)c(C)n(-c2cccc(Cl)c2)c1C. The van der Waals surface area contributed by atoms with Gasteiger partial charge in [-0.1, -0.05) is 41.9 Å². The molecule has 0 radical (unpaired) electrons. The highest BCUT2D eigenvalue weighted by Crippen LogP contribution is 2.43. The zero-order chi connectivity index (χ0) is 27.7. The summed E-state index contributed by atoms with van der Waals surface area (Å²) in [5, 5.41) is 7.87. The molecule has 0 spiro atoms. The van der Waals surface area contributed by atoms with E-state index in [1.807, 2.05) is 67.6 Å². The highest BCUT2D eigenvalue weighted by molar-refractivity contribution is 7.80. The molecule has 1 aliphatic heterocycles. The molecule has 8 heteroatoms. The van der Waals surface area contributed by atoms with Crippen LogP contribution in [0, 0.1) is 27.7 Å². The topological polar surface area (TPSA) is 62.2 Å². The van der Waals surface area contributed by atoms with Gasteiger partial charge in [0.2, 0.25) is 5.91 Å². The molecule has 0 aliphatic carbocycles. The van der Waals surface area contributed by atoms with E-state index in [0.717, 1.165) is 34.0 Å². The van der Waals surface area contributed by atoms with Crippen LogP contribution in [0.5, 0.6) is 0 Å². The second-order valence-electron chi connectivity index (χ2n) is 9.96. The first kappa shape index (κ1) is 26.9. The summed E-state index contributed by atoms with van der Waals surface area (Å²) >= 11 is 12.2. The summed E-state index contributed by atoms with van der Waals surface area (Å²) in [4.78, 5) is 19.8. The van der Waals surface area contributed by atoms with Crippen molar-refractivity contribution in [1.82, 2.24) is 19.8 Å². The largest absolute Gasteiger partial charge is 0.352 e. The summed E-state index contributed by atoms with van der Waals surface area (Å²) < 4.78 is 2.25. The molecule has 1 amide bonds. The van der Waals surface area contributed by atoms with Crippen LogP contribution in [0.2, 0.25) is 5.02 Å². The van der Waals surface area contributed by atoms with E-state index in [1.165, 1.54) is 11.1 Å². The van der Waals surface area contributed by atoms with E-state index in [-0.39, 0.29) is 18.0 Å². The van der Waals surface area contributed by atoms with Gasteiger partial charge in [-0.05, 0) is 87.4 Å². The summed E-state index contributed by atoms with van der Waals surface area (Å²) in [5.41, 5.74) is 8.38. The predicted octanol–water partition coefficient (Wildman–Crippen LogP) is 6.76. The number of aryl methyl sites for hydroxylation is 1. The van der Waals surface area contributed by atoms with Crippen molar-refractivity contribution >= 4 is 40.5 Å². The monoisotopic (exact) mass is 557 g/mol. The lowest BCUT2D eigenvalue weighted by Gasteiger charge is -2.29. The number of carbonyl (C=O) groups is 1. The zero-order valence-electron chi connectivity index (χ0n) is 22.5. The number of hydrogen-bond acceptors (Lipinski definition) is 3. The maximum atomic E-state index is 13.0. The van der Waals surface area contributed by atoms with E-state index in [1.54, 1.807) is 6.20 Å². The number of aromatic nitrogens is 2. The number of thiocarbonyl (C=S) groups is 1. The third-order valence-electron chi connectivity index (χ3n) is 7.57. The molecule has 6 nitrogen and oxygen atoms in total. The molecule has 39 heavy (non-hydrogen) atoms. The molecular weight excluding hydrogens is 526 g/mol. The zero-order valence-corrected chi connectivity index (χ0v) is 24.1. The smallest absolute Gasteiger partial charge is 0.226 e. The minimum Gasteiger partial charge on any atom is -0.352 e. The standard InChI is InChI=1S/C31H32ClN5OS/c1-19-10-5-6-13-25(19)34-27(38)15-17-36-30(29(35-31(36)39)26-14-7-8-16-33-26)28-20(2)21(3)37(22(28)4)24-12-9-11-23(32)18-24/h5-14,16,18,29-30H,15,17H2,1-4H3,(H,34,38)(H,35,39)/t29-,30+/m1/s1. The van der Waals surface area contributed by atoms with Gasteiger partial charge in [0.1, 0.15) is 0 Å². The first-order valence-electron chi connectivity index (χ1n) is 13.0. The van der Waals surface area contributed by atoms with E-state index in [4.69, 9.17) is 23.8 Å². The number of halogens is 1. The number of amides is 1. The Morgan fingerprint density at radius 3 is 2.51 bits per heavy atom. The normalized spacial score (nSPS) is 16.8. The Bertz CT molecular complexity index is 1530. The van der Waals surface area contributed by atoms with Gasteiger partial charge in [-0.15, -0.1) is 0 Å². The number of nitrogens with one attached hydrogen (secondary N) is 2. The first-order valence-corrected chi connectivity index (χ1v) is 13.8. The predicted molar refractivity (Wildman–Crippen MR) is 162 cm³/mol. The second-order valence-corrected chi connectivity index (χ2v) is 10.8. The summed E-state index contributed by atoms with van der Waals surface area (Å²) in [5.74, 6) is -0.0479. The van der Waals surface area contributed by atoms with Crippen molar-refractivity contribution in [3.05, 3.63) is 112 Å². The molecule has 1 fully saturated rings. The number of carbonyl (C=O) groups excluding carboxylic acids is 1. The van der Waals surface area contributed by atoms with E-state index in [9.17, 15) is 4.79 Å². The molecular formula is C31H32ClN5OS. The minimum absolute atomic E-state index is 0.0479. The Kier molecular flexibility index (Phi) is 7.73. The van der Waals surface area contributed by atoms with Gasteiger partial charge in [0, 0.05) is 52.5 Å². The molecule has 200 valence electrons. The van der Waals surface area contributed by atoms with Crippen molar-refractivity contribution in [3.63, 3.8) is 0 Å². The van der Waals surface area contributed by atoms with Crippen LogP contribution in [-0.2, 0) is 4.79 Å². The van der Waals surface area contributed by atoms with Crippen molar-refractivity contribution in [3.8, 4) is 5.69 Å². The molecule has 2 atom stereocenters. The van der Waals surface area contributed by atoms with Crippen molar-refractivity contribution in [1.29, 1.82) is 0 Å². The van der Waals surface area contributed by atoms with Crippen molar-refractivity contribution in [2.75, 3.05) is 11.9 Å². The van der Waals surface area contributed by atoms with Gasteiger partial charge in [-0.25, -0.2) is 0 Å². The van der Waals surface area contributed by atoms with Crippen LogP contribution >= 0.6 is 23.8 Å². The molecule has 5 rings (SSSR count). The number of pyridine rings is 1.